The van der Waals surface area contributed by atoms with Gasteiger partial charge in [-0.2, -0.15) is 0 Å². The van der Waals surface area contributed by atoms with Gasteiger partial charge in [-0.05, 0) is 37.6 Å². The summed E-state index contributed by atoms with van der Waals surface area (Å²) in [6.07, 6.45) is 0.743. The third-order valence-corrected chi connectivity index (χ3v) is 2.85. The van der Waals surface area contributed by atoms with Crippen molar-refractivity contribution in [1.82, 2.24) is 5.32 Å². The van der Waals surface area contributed by atoms with Gasteiger partial charge in [0.05, 0.1) is 6.61 Å². The summed E-state index contributed by atoms with van der Waals surface area (Å²) < 4.78 is 18.3. The highest BCUT2D eigenvalue weighted by Gasteiger charge is 2.11. The SMILES string of the molecule is CCNC(COCC)Cc1ccc(F)cc1Cl. The van der Waals surface area contributed by atoms with Crippen LogP contribution in [-0.4, -0.2) is 25.8 Å². The van der Waals surface area contributed by atoms with E-state index < -0.39 is 0 Å². The van der Waals surface area contributed by atoms with Gasteiger partial charge in [-0.25, -0.2) is 4.39 Å². The molecule has 0 radical (unpaired) electrons. The lowest BCUT2D eigenvalue weighted by Gasteiger charge is -2.18. The zero-order chi connectivity index (χ0) is 12.7. The number of likely N-dealkylation sites (N-methyl/N-ethyl adjacent to an activating group) is 1. The van der Waals surface area contributed by atoms with Crippen LogP contribution in [0, 0.1) is 5.82 Å². The molecule has 1 unspecified atom stereocenters. The van der Waals surface area contributed by atoms with Gasteiger partial charge < -0.3 is 10.1 Å². The van der Waals surface area contributed by atoms with Gasteiger partial charge >= 0.3 is 0 Å². The zero-order valence-electron chi connectivity index (χ0n) is 10.3. The third kappa shape index (κ3) is 5.02. The summed E-state index contributed by atoms with van der Waals surface area (Å²) in [5, 5.41) is 3.81. The standard InChI is InChI=1S/C13H19ClFNO/c1-3-16-12(9-17-4-2)7-10-5-6-11(15)8-13(10)14/h5-6,8,12,16H,3-4,7,9H2,1-2H3. The quantitative estimate of drug-likeness (QED) is 0.813. The van der Waals surface area contributed by atoms with Crippen molar-refractivity contribution in [3.05, 3.63) is 34.6 Å². The fraction of sp³-hybridized carbons (Fsp3) is 0.538. The Labute approximate surface area is 107 Å². The zero-order valence-corrected chi connectivity index (χ0v) is 11.1. The molecule has 0 saturated heterocycles. The molecule has 4 heteroatoms. The fourth-order valence-corrected chi connectivity index (χ4v) is 1.94. The number of ether oxygens (including phenoxy) is 1. The monoisotopic (exact) mass is 259 g/mol. The van der Waals surface area contributed by atoms with Crippen molar-refractivity contribution in [3.63, 3.8) is 0 Å². The Morgan fingerprint density at radius 1 is 1.41 bits per heavy atom. The molecule has 0 heterocycles. The average molecular weight is 260 g/mol. The van der Waals surface area contributed by atoms with Crippen molar-refractivity contribution in [3.8, 4) is 0 Å². The molecule has 0 saturated carbocycles. The van der Waals surface area contributed by atoms with Gasteiger partial charge in [0.1, 0.15) is 5.82 Å². The summed E-state index contributed by atoms with van der Waals surface area (Å²) in [6.45, 7) is 6.22. The Hall–Kier alpha value is -0.640. The van der Waals surface area contributed by atoms with Gasteiger partial charge in [0, 0.05) is 17.7 Å². The molecule has 0 fully saturated rings. The highest BCUT2D eigenvalue weighted by Crippen LogP contribution is 2.18. The first-order valence-electron chi connectivity index (χ1n) is 5.92. The second-order valence-corrected chi connectivity index (χ2v) is 4.26. The van der Waals surface area contributed by atoms with E-state index >= 15 is 0 Å². The molecular formula is C13H19ClFNO. The molecule has 2 nitrogen and oxygen atoms in total. The number of hydrogen-bond donors (Lipinski definition) is 1. The maximum absolute atomic E-state index is 12.9. The molecule has 96 valence electrons. The molecule has 1 atom stereocenters. The van der Waals surface area contributed by atoms with E-state index in [2.05, 4.69) is 5.32 Å². The summed E-state index contributed by atoms with van der Waals surface area (Å²) in [4.78, 5) is 0. The van der Waals surface area contributed by atoms with Crippen LogP contribution in [0.25, 0.3) is 0 Å². The molecular weight excluding hydrogens is 241 g/mol. The lowest BCUT2D eigenvalue weighted by Crippen LogP contribution is -2.35. The van der Waals surface area contributed by atoms with Crippen molar-refractivity contribution in [1.29, 1.82) is 0 Å². The van der Waals surface area contributed by atoms with Crippen LogP contribution in [0.5, 0.6) is 0 Å². The summed E-state index contributed by atoms with van der Waals surface area (Å²) in [6, 6.07) is 4.72. The minimum absolute atomic E-state index is 0.211. The van der Waals surface area contributed by atoms with Gasteiger partial charge in [-0.15, -0.1) is 0 Å². The molecule has 0 aliphatic rings. The minimum atomic E-state index is -0.302. The van der Waals surface area contributed by atoms with Crippen LogP contribution in [0.15, 0.2) is 18.2 Å². The maximum atomic E-state index is 12.9. The fourth-order valence-electron chi connectivity index (χ4n) is 1.69. The Balaban J connectivity index is 2.64. The molecule has 0 bridgehead atoms. The second kappa shape index (κ2) is 7.64. The van der Waals surface area contributed by atoms with E-state index in [1.54, 1.807) is 6.07 Å². The molecule has 0 aromatic heterocycles. The van der Waals surface area contributed by atoms with Gasteiger partial charge in [0.15, 0.2) is 0 Å². The van der Waals surface area contributed by atoms with Crippen molar-refractivity contribution in [2.45, 2.75) is 26.3 Å². The lowest BCUT2D eigenvalue weighted by molar-refractivity contribution is 0.123. The largest absolute Gasteiger partial charge is 0.380 e. The third-order valence-electron chi connectivity index (χ3n) is 2.50. The van der Waals surface area contributed by atoms with E-state index in [0.717, 1.165) is 18.5 Å². The topological polar surface area (TPSA) is 21.3 Å². The van der Waals surface area contributed by atoms with E-state index in [0.29, 0.717) is 18.2 Å². The highest BCUT2D eigenvalue weighted by molar-refractivity contribution is 6.31. The van der Waals surface area contributed by atoms with Gasteiger partial charge in [-0.3, -0.25) is 0 Å². The van der Waals surface area contributed by atoms with Crippen LogP contribution in [0.3, 0.4) is 0 Å². The Bertz CT molecular complexity index is 346. The smallest absolute Gasteiger partial charge is 0.124 e. The minimum Gasteiger partial charge on any atom is -0.380 e. The summed E-state index contributed by atoms with van der Waals surface area (Å²) >= 11 is 6.00. The molecule has 1 aromatic carbocycles. The number of benzene rings is 1. The summed E-state index contributed by atoms with van der Waals surface area (Å²) in [5.41, 5.74) is 0.943. The van der Waals surface area contributed by atoms with Crippen LogP contribution >= 0.6 is 11.6 Å². The van der Waals surface area contributed by atoms with Crippen molar-refractivity contribution in [2.24, 2.45) is 0 Å². The van der Waals surface area contributed by atoms with E-state index in [1.807, 2.05) is 13.8 Å². The summed E-state index contributed by atoms with van der Waals surface area (Å²) in [5.74, 6) is -0.302. The van der Waals surface area contributed by atoms with Crippen molar-refractivity contribution >= 4 is 11.6 Å². The molecule has 0 aliphatic heterocycles. The van der Waals surface area contributed by atoms with Crippen molar-refractivity contribution < 1.29 is 9.13 Å². The second-order valence-electron chi connectivity index (χ2n) is 3.85. The Morgan fingerprint density at radius 3 is 2.76 bits per heavy atom. The number of rotatable bonds is 7. The molecule has 0 spiro atoms. The average Bonchev–Trinajstić information content (AvgIpc) is 2.29. The van der Waals surface area contributed by atoms with Crippen LogP contribution in [0.1, 0.15) is 19.4 Å². The molecule has 0 aliphatic carbocycles. The van der Waals surface area contributed by atoms with E-state index in [9.17, 15) is 4.39 Å². The summed E-state index contributed by atoms with van der Waals surface area (Å²) in [7, 11) is 0. The predicted molar refractivity (Wildman–Crippen MR) is 69.1 cm³/mol. The van der Waals surface area contributed by atoms with Gasteiger partial charge in [-0.1, -0.05) is 24.6 Å². The lowest BCUT2D eigenvalue weighted by atomic mass is 10.1. The first-order valence-corrected chi connectivity index (χ1v) is 6.30. The Kier molecular flexibility index (Phi) is 6.48. The predicted octanol–water partition coefficient (Wildman–Crippen LogP) is 3.04. The van der Waals surface area contributed by atoms with Gasteiger partial charge in [0.2, 0.25) is 0 Å². The molecule has 1 aromatic rings. The number of hydrogen-bond acceptors (Lipinski definition) is 2. The maximum Gasteiger partial charge on any atom is 0.124 e. The molecule has 17 heavy (non-hydrogen) atoms. The first-order chi connectivity index (χ1) is 8.17. The van der Waals surface area contributed by atoms with Crippen LogP contribution in [-0.2, 0) is 11.2 Å². The van der Waals surface area contributed by atoms with Crippen LogP contribution in [0.4, 0.5) is 4.39 Å². The number of halogens is 2. The van der Waals surface area contributed by atoms with E-state index in [-0.39, 0.29) is 11.9 Å². The van der Waals surface area contributed by atoms with Crippen LogP contribution in [0.2, 0.25) is 5.02 Å². The Morgan fingerprint density at radius 2 is 2.18 bits per heavy atom. The first kappa shape index (κ1) is 14.4. The normalized spacial score (nSPS) is 12.7. The molecule has 1 rings (SSSR count). The van der Waals surface area contributed by atoms with Crippen molar-refractivity contribution in [2.75, 3.05) is 19.8 Å². The van der Waals surface area contributed by atoms with Gasteiger partial charge in [0.25, 0.3) is 0 Å². The number of nitrogens with one attached hydrogen (secondary N) is 1. The highest BCUT2D eigenvalue weighted by atomic mass is 35.5. The molecule has 1 N–H and O–H groups in total. The van der Waals surface area contributed by atoms with Crippen LogP contribution < -0.4 is 5.32 Å². The van der Waals surface area contributed by atoms with E-state index in [4.69, 9.17) is 16.3 Å². The van der Waals surface area contributed by atoms with E-state index in [1.165, 1.54) is 12.1 Å². The molecule has 0 amide bonds.